The molecule has 16 heteroatoms. The number of aliphatic imine (C=N–C) groups is 1. The number of hydrazone groups is 1. The van der Waals surface area contributed by atoms with Gasteiger partial charge in [0.05, 0.1) is 60.3 Å². The summed E-state index contributed by atoms with van der Waals surface area (Å²) in [6.07, 6.45) is 5.82. The van der Waals surface area contributed by atoms with Gasteiger partial charge in [0.2, 0.25) is 5.91 Å². The Morgan fingerprint density at radius 2 is 1.80 bits per heavy atom. The summed E-state index contributed by atoms with van der Waals surface area (Å²) in [6, 6.07) is 15.4. The first-order valence-electron chi connectivity index (χ1n) is 22.1. The van der Waals surface area contributed by atoms with Crippen LogP contribution >= 0.6 is 23.4 Å². The average Bonchev–Trinajstić information content (AvgIpc) is 3.73. The number of thioether (sulfide) groups is 1. The van der Waals surface area contributed by atoms with Crippen LogP contribution in [0.4, 0.5) is 0 Å². The van der Waals surface area contributed by atoms with Crippen LogP contribution in [0, 0.1) is 23.2 Å². The van der Waals surface area contributed by atoms with Gasteiger partial charge < -0.3 is 20.1 Å². The van der Waals surface area contributed by atoms with Crippen molar-refractivity contribution in [3.05, 3.63) is 58.6 Å². The van der Waals surface area contributed by atoms with Gasteiger partial charge in [-0.25, -0.2) is 10.9 Å². The highest BCUT2D eigenvalue weighted by Gasteiger charge is 2.53. The summed E-state index contributed by atoms with van der Waals surface area (Å²) < 4.78 is 14.6. The van der Waals surface area contributed by atoms with Crippen molar-refractivity contribution in [2.24, 2.45) is 21.9 Å². The molecule has 14 nitrogen and oxygen atoms in total. The van der Waals surface area contributed by atoms with Crippen molar-refractivity contribution in [2.75, 3.05) is 33.3 Å². The summed E-state index contributed by atoms with van der Waals surface area (Å²) in [4.78, 5) is 34.3. The highest BCUT2D eigenvalue weighted by molar-refractivity contribution is 8.00. The second kappa shape index (κ2) is 20.3. The lowest BCUT2D eigenvalue weighted by Gasteiger charge is -2.34. The topological polar surface area (TPSA) is 159 Å². The molecule has 1 saturated carbocycles. The standard InChI is InChI=1S/C45H61ClN10O4S/c1-7-21-55-40(20-19-37(53-55)44(58)49-32-12-17-34(18-13-32)60-35-16-11-31(26-47)36(46)24-35)54(6)22-23-59-33-14-9-30(10-15-33)42-41-27(3)28(4)61-45(41)56-29(5)51-52-43(56)38(50-42)25-39(57)48-8-2/h9-11,14-16,24,27-29,32,34,38,41,43,45H,7-8,12-13,17-23,25H2,1-6H3,(H3-,48,49,51,52,53,57,58)/p+1/t27?,28?,29?,32?,34?,38-,41?,43?,45?/m0/s1. The molecule has 328 valence electrons. The number of nitrogens with zero attached hydrogens (tertiary/aromatic N) is 6. The van der Waals surface area contributed by atoms with Crippen LogP contribution < -0.4 is 31.0 Å². The maximum absolute atomic E-state index is 13.4. The minimum atomic E-state index is -0.243. The smallest absolute Gasteiger partial charge is 0.272 e. The zero-order valence-electron chi connectivity index (χ0n) is 36.3. The lowest BCUT2D eigenvalue weighted by molar-refractivity contribution is -0.505. The van der Waals surface area contributed by atoms with Crippen molar-refractivity contribution in [3.63, 3.8) is 0 Å². The normalized spacial score (nSPS) is 29.6. The van der Waals surface area contributed by atoms with Crippen LogP contribution in [-0.2, 0) is 9.59 Å². The molecular weight excluding hydrogens is 812 g/mol. The van der Waals surface area contributed by atoms with Gasteiger partial charge in [-0.05, 0) is 93.8 Å². The maximum atomic E-state index is 13.4. The molecule has 5 aliphatic rings. The first kappa shape index (κ1) is 44.8. The Morgan fingerprint density at radius 1 is 1.05 bits per heavy atom. The lowest BCUT2D eigenvalue weighted by Crippen LogP contribution is -2.51. The van der Waals surface area contributed by atoms with Gasteiger partial charge in [-0.2, -0.15) is 5.26 Å². The van der Waals surface area contributed by atoms with Crippen LogP contribution in [0.5, 0.6) is 11.5 Å². The molecule has 4 heterocycles. The molecule has 61 heavy (non-hydrogen) atoms. The first-order valence-corrected chi connectivity index (χ1v) is 23.4. The fourth-order valence-corrected chi connectivity index (χ4v) is 11.3. The molecule has 2 aromatic carbocycles. The van der Waals surface area contributed by atoms with Crippen molar-refractivity contribution >= 4 is 52.4 Å². The molecule has 0 bridgehead atoms. The molecule has 7 atom stereocenters. The van der Waals surface area contributed by atoms with Gasteiger partial charge in [0.25, 0.3) is 11.7 Å². The third-order valence-electron chi connectivity index (χ3n) is 12.7. The van der Waals surface area contributed by atoms with Crippen molar-refractivity contribution in [3.8, 4) is 17.6 Å². The van der Waals surface area contributed by atoms with E-state index in [1.54, 1.807) is 18.2 Å². The molecule has 2 amide bonds. The number of carbonyl (C=O) groups excluding carboxylic acids is 2. The number of hydrogen-bond acceptors (Lipinski definition) is 11. The van der Waals surface area contributed by atoms with Crippen molar-refractivity contribution < 1.29 is 23.6 Å². The SMILES string of the molecule is CCCN1N=C(C(=O)NC2CCC(Oc3ccc(C#N)c(Cl)c3)CC2)CCC1=[N+](C)CCOc1ccc(C2=N[C@@H](CC(=O)NCC)C3NNC(C)N3C3SC(C)C(C)C23)cc1. The number of hydrogen-bond donors (Lipinski definition) is 4. The van der Waals surface area contributed by atoms with E-state index in [2.05, 4.69) is 83.9 Å². The highest BCUT2D eigenvalue weighted by atomic mass is 35.5. The molecule has 6 unspecified atom stereocenters. The molecular formula is C45H62ClN10O4S+. The number of benzene rings is 2. The van der Waals surface area contributed by atoms with Gasteiger partial charge in [-0.3, -0.25) is 24.1 Å². The van der Waals surface area contributed by atoms with Gasteiger partial charge in [0.1, 0.15) is 43.0 Å². The lowest BCUT2D eigenvalue weighted by atomic mass is 9.84. The fourth-order valence-electron chi connectivity index (χ4n) is 9.26. The number of fused-ring (bicyclic) bond motifs is 3. The van der Waals surface area contributed by atoms with Gasteiger partial charge in [-0.15, -0.1) is 16.8 Å². The fraction of sp³-hybridized carbons (Fsp3) is 0.600. The average molecular weight is 875 g/mol. The number of likely N-dealkylation sites (N-methyl/N-ethyl adjacent to an activating group) is 1. The third-order valence-corrected chi connectivity index (χ3v) is 14.7. The highest BCUT2D eigenvalue weighted by Crippen LogP contribution is 2.49. The number of nitriles is 1. The number of carbonyl (C=O) groups is 2. The van der Waals surface area contributed by atoms with Crippen molar-refractivity contribution in [1.29, 1.82) is 5.26 Å². The second-order valence-corrected chi connectivity index (χ2v) is 18.8. The quantitative estimate of drug-likeness (QED) is 0.179. The van der Waals surface area contributed by atoms with Crippen LogP contribution in [0.3, 0.4) is 0 Å². The van der Waals surface area contributed by atoms with Gasteiger partial charge in [0.15, 0.2) is 0 Å². The zero-order valence-corrected chi connectivity index (χ0v) is 37.9. The Balaban J connectivity index is 0.949. The van der Waals surface area contributed by atoms with E-state index in [9.17, 15) is 9.59 Å². The molecule has 4 N–H and O–H groups in total. The van der Waals surface area contributed by atoms with E-state index in [0.717, 1.165) is 61.5 Å². The molecule has 7 rings (SSSR count). The number of amidine groups is 1. The van der Waals surface area contributed by atoms with E-state index in [1.165, 1.54) is 0 Å². The Bertz CT molecular complexity index is 2030. The molecule has 4 aliphatic heterocycles. The monoisotopic (exact) mass is 873 g/mol. The number of nitrogens with one attached hydrogen (secondary N) is 4. The molecule has 2 aromatic rings. The first-order chi connectivity index (χ1) is 29.5. The predicted molar refractivity (Wildman–Crippen MR) is 241 cm³/mol. The summed E-state index contributed by atoms with van der Waals surface area (Å²) in [5, 5.41) is 23.3. The zero-order chi connectivity index (χ0) is 43.2. The molecule has 1 aliphatic carbocycles. The second-order valence-electron chi connectivity index (χ2n) is 16.9. The number of halogens is 1. The van der Waals surface area contributed by atoms with Gasteiger partial charge in [-0.1, -0.05) is 37.5 Å². The van der Waals surface area contributed by atoms with Crippen LogP contribution in [0.15, 0.2) is 52.6 Å². The minimum absolute atomic E-state index is 0.0130. The van der Waals surface area contributed by atoms with E-state index < -0.39 is 0 Å². The number of rotatable bonds is 14. The van der Waals surface area contributed by atoms with Crippen molar-refractivity contribution in [1.82, 2.24) is 31.4 Å². The number of ether oxygens (including phenoxy) is 2. The number of hydrazine groups is 1. The van der Waals surface area contributed by atoms with Crippen molar-refractivity contribution in [2.45, 2.75) is 127 Å². The predicted octanol–water partition coefficient (Wildman–Crippen LogP) is 5.49. The molecule has 2 saturated heterocycles. The molecule has 3 fully saturated rings. The Labute approximate surface area is 369 Å². The molecule has 0 aromatic heterocycles. The molecule has 0 radical (unpaired) electrons. The summed E-state index contributed by atoms with van der Waals surface area (Å²) in [6.45, 7) is 13.4. The van der Waals surface area contributed by atoms with E-state index in [0.29, 0.717) is 72.2 Å². The summed E-state index contributed by atoms with van der Waals surface area (Å²) in [5.41, 5.74) is 10.0. The summed E-state index contributed by atoms with van der Waals surface area (Å²) >= 11 is 8.20. The Hall–Kier alpha value is -4.20. The van der Waals surface area contributed by atoms with Gasteiger partial charge in [0, 0.05) is 42.0 Å². The Kier molecular flexibility index (Phi) is 14.9. The minimum Gasteiger partial charge on any atom is -0.490 e. The Morgan fingerprint density at radius 3 is 2.51 bits per heavy atom. The van der Waals surface area contributed by atoms with Crippen LogP contribution in [0.2, 0.25) is 5.02 Å². The van der Waals surface area contributed by atoms with E-state index in [-0.39, 0.29) is 53.6 Å². The van der Waals surface area contributed by atoms with E-state index >= 15 is 0 Å². The van der Waals surface area contributed by atoms with E-state index in [1.807, 2.05) is 35.8 Å². The molecule has 0 spiro atoms. The van der Waals surface area contributed by atoms with Crippen LogP contribution in [0.1, 0.15) is 97.1 Å². The summed E-state index contributed by atoms with van der Waals surface area (Å²) in [5.74, 6) is 3.06. The van der Waals surface area contributed by atoms with Crippen LogP contribution in [-0.4, -0.2) is 118 Å². The largest absolute Gasteiger partial charge is 0.490 e. The van der Waals surface area contributed by atoms with E-state index in [4.69, 9.17) is 36.4 Å². The van der Waals surface area contributed by atoms with Crippen LogP contribution in [0.25, 0.3) is 0 Å². The summed E-state index contributed by atoms with van der Waals surface area (Å²) in [7, 11) is 2.06. The third kappa shape index (κ3) is 10.4. The van der Waals surface area contributed by atoms with Gasteiger partial charge >= 0.3 is 0 Å². The maximum Gasteiger partial charge on any atom is 0.272 e. The number of amides is 2.